The fourth-order valence-electron chi connectivity index (χ4n) is 2.18. The van der Waals surface area contributed by atoms with Crippen LogP contribution in [0.25, 0.3) is 0 Å². The van der Waals surface area contributed by atoms with Crippen LogP contribution in [0.4, 0.5) is 0 Å². The van der Waals surface area contributed by atoms with E-state index in [2.05, 4.69) is 4.72 Å². The molecule has 0 spiro atoms. The summed E-state index contributed by atoms with van der Waals surface area (Å²) in [6, 6.07) is 11.9. The summed E-state index contributed by atoms with van der Waals surface area (Å²) in [5.74, 6) is -0.0575. The molecular formula is C18H21NO5S. The van der Waals surface area contributed by atoms with Crippen LogP contribution in [0.3, 0.4) is 0 Å². The molecule has 0 saturated heterocycles. The zero-order valence-corrected chi connectivity index (χ0v) is 15.2. The summed E-state index contributed by atoms with van der Waals surface area (Å²) in [7, 11) is -2.22. The highest BCUT2D eigenvalue weighted by atomic mass is 32.2. The number of aryl methyl sites for hydroxylation is 2. The van der Waals surface area contributed by atoms with Crippen LogP contribution >= 0.6 is 0 Å². The number of nitrogens with one attached hydrogen (secondary N) is 1. The summed E-state index contributed by atoms with van der Waals surface area (Å²) in [5, 5.41) is 0. The van der Waals surface area contributed by atoms with Crippen molar-refractivity contribution in [1.29, 1.82) is 0 Å². The minimum absolute atomic E-state index is 0.00987. The lowest BCUT2D eigenvalue weighted by Gasteiger charge is -2.11. The van der Waals surface area contributed by atoms with Gasteiger partial charge in [-0.25, -0.2) is 8.42 Å². The summed E-state index contributed by atoms with van der Waals surface area (Å²) in [6.07, 6.45) is 0. The predicted molar refractivity (Wildman–Crippen MR) is 93.9 cm³/mol. The second kappa shape index (κ2) is 8.13. The Morgan fingerprint density at radius 1 is 1.04 bits per heavy atom. The highest BCUT2D eigenvalue weighted by Crippen LogP contribution is 2.20. The Hall–Kier alpha value is -2.38. The van der Waals surface area contributed by atoms with Crippen LogP contribution in [0.5, 0.6) is 5.75 Å². The van der Waals surface area contributed by atoms with Gasteiger partial charge in [-0.15, -0.1) is 0 Å². The molecule has 2 aromatic rings. The number of hydrogen-bond acceptors (Lipinski definition) is 5. The number of rotatable bonds is 7. The Morgan fingerprint density at radius 2 is 1.68 bits per heavy atom. The normalized spacial score (nSPS) is 11.2. The van der Waals surface area contributed by atoms with Gasteiger partial charge in [0.05, 0.1) is 12.0 Å². The first-order valence-corrected chi connectivity index (χ1v) is 9.15. The highest BCUT2D eigenvalue weighted by molar-refractivity contribution is 7.89. The van der Waals surface area contributed by atoms with E-state index in [0.717, 1.165) is 16.7 Å². The molecule has 2 rings (SSSR count). The van der Waals surface area contributed by atoms with Crippen molar-refractivity contribution >= 4 is 16.0 Å². The van der Waals surface area contributed by atoms with Crippen molar-refractivity contribution in [2.45, 2.75) is 25.3 Å². The van der Waals surface area contributed by atoms with Gasteiger partial charge in [0.15, 0.2) is 0 Å². The number of benzene rings is 2. The van der Waals surface area contributed by atoms with Crippen LogP contribution in [0, 0.1) is 13.8 Å². The Balaban J connectivity index is 1.92. The molecule has 25 heavy (non-hydrogen) atoms. The molecule has 0 fully saturated rings. The maximum atomic E-state index is 12.1. The number of hydrogen-bond donors (Lipinski definition) is 1. The van der Waals surface area contributed by atoms with E-state index in [1.165, 1.54) is 19.2 Å². The molecule has 0 aromatic heterocycles. The zero-order valence-electron chi connectivity index (χ0n) is 14.4. The molecular weight excluding hydrogens is 342 g/mol. The first-order valence-electron chi connectivity index (χ1n) is 7.67. The van der Waals surface area contributed by atoms with E-state index >= 15 is 0 Å². The number of methoxy groups -OCH3 is 1. The van der Waals surface area contributed by atoms with Crippen molar-refractivity contribution < 1.29 is 22.7 Å². The fourth-order valence-corrected chi connectivity index (χ4v) is 3.15. The van der Waals surface area contributed by atoms with E-state index in [1.54, 1.807) is 18.2 Å². The highest BCUT2D eigenvalue weighted by Gasteiger charge is 2.16. The average Bonchev–Trinajstić information content (AvgIpc) is 2.59. The molecule has 0 atom stereocenters. The number of carbonyl (C=O) groups excluding carboxylic acids is 1. The third-order valence-electron chi connectivity index (χ3n) is 3.56. The minimum Gasteiger partial charge on any atom is -0.496 e. The molecule has 1 N–H and O–H groups in total. The van der Waals surface area contributed by atoms with Crippen LogP contribution in [0.1, 0.15) is 16.7 Å². The van der Waals surface area contributed by atoms with Gasteiger partial charge in [0.1, 0.15) is 18.9 Å². The molecule has 6 nitrogen and oxygen atoms in total. The van der Waals surface area contributed by atoms with Crippen molar-refractivity contribution in [3.63, 3.8) is 0 Å². The van der Waals surface area contributed by atoms with Crippen molar-refractivity contribution in [3.8, 4) is 5.75 Å². The SMILES string of the molecule is COc1ccc(C)cc1COC(=O)CNS(=O)(=O)c1ccc(C)cc1. The smallest absolute Gasteiger partial charge is 0.321 e. The van der Waals surface area contributed by atoms with Crippen LogP contribution in [-0.2, 0) is 26.2 Å². The van der Waals surface area contributed by atoms with Crippen LogP contribution < -0.4 is 9.46 Å². The summed E-state index contributed by atoms with van der Waals surface area (Å²) in [6.45, 7) is 3.35. The maximum absolute atomic E-state index is 12.1. The Morgan fingerprint density at radius 3 is 2.32 bits per heavy atom. The molecule has 0 aliphatic rings. The van der Waals surface area contributed by atoms with Crippen molar-refractivity contribution in [3.05, 3.63) is 59.2 Å². The molecule has 0 aliphatic carbocycles. The molecule has 134 valence electrons. The average molecular weight is 363 g/mol. The Bertz CT molecular complexity index is 844. The van der Waals surface area contributed by atoms with Gasteiger partial charge < -0.3 is 9.47 Å². The largest absolute Gasteiger partial charge is 0.496 e. The third kappa shape index (κ3) is 5.30. The fraction of sp³-hybridized carbons (Fsp3) is 0.278. The molecule has 7 heteroatoms. The molecule has 0 unspecified atom stereocenters. The van der Waals surface area contributed by atoms with Gasteiger partial charge in [-0.2, -0.15) is 4.72 Å². The second-order valence-electron chi connectivity index (χ2n) is 5.61. The van der Waals surface area contributed by atoms with Crippen molar-refractivity contribution in [2.75, 3.05) is 13.7 Å². The topological polar surface area (TPSA) is 81.7 Å². The first-order chi connectivity index (χ1) is 11.8. The summed E-state index contributed by atoms with van der Waals surface area (Å²) in [4.78, 5) is 11.9. The third-order valence-corrected chi connectivity index (χ3v) is 4.98. The van der Waals surface area contributed by atoms with E-state index in [9.17, 15) is 13.2 Å². The molecule has 0 heterocycles. The van der Waals surface area contributed by atoms with Gasteiger partial charge in [0, 0.05) is 5.56 Å². The van der Waals surface area contributed by atoms with Gasteiger partial charge in [0.2, 0.25) is 10.0 Å². The number of ether oxygens (including phenoxy) is 2. The molecule has 0 bridgehead atoms. The van der Waals surface area contributed by atoms with Gasteiger partial charge in [-0.05, 0) is 38.1 Å². The lowest BCUT2D eigenvalue weighted by Crippen LogP contribution is -2.30. The molecule has 0 aliphatic heterocycles. The number of esters is 1. The van der Waals surface area contributed by atoms with E-state index in [0.29, 0.717) is 5.75 Å². The van der Waals surface area contributed by atoms with E-state index in [-0.39, 0.29) is 11.5 Å². The van der Waals surface area contributed by atoms with Gasteiger partial charge in [-0.1, -0.05) is 29.3 Å². The van der Waals surface area contributed by atoms with Crippen LogP contribution in [-0.4, -0.2) is 28.0 Å². The van der Waals surface area contributed by atoms with E-state index in [4.69, 9.17) is 9.47 Å². The summed E-state index contributed by atoms with van der Waals surface area (Å²) in [5.41, 5.74) is 2.68. The lowest BCUT2D eigenvalue weighted by molar-refractivity contribution is -0.143. The van der Waals surface area contributed by atoms with Gasteiger partial charge in [-0.3, -0.25) is 4.79 Å². The maximum Gasteiger partial charge on any atom is 0.321 e. The minimum atomic E-state index is -3.75. The number of carbonyl (C=O) groups is 1. The molecule has 0 amide bonds. The molecule has 0 radical (unpaired) electrons. The monoisotopic (exact) mass is 363 g/mol. The summed E-state index contributed by atoms with van der Waals surface area (Å²) >= 11 is 0. The first kappa shape index (κ1) is 19.0. The Kier molecular flexibility index (Phi) is 6.17. The van der Waals surface area contributed by atoms with Crippen LogP contribution in [0.2, 0.25) is 0 Å². The second-order valence-corrected chi connectivity index (χ2v) is 7.38. The van der Waals surface area contributed by atoms with Crippen LogP contribution in [0.15, 0.2) is 47.4 Å². The zero-order chi connectivity index (χ0) is 18.4. The lowest BCUT2D eigenvalue weighted by atomic mass is 10.1. The number of sulfonamides is 1. The summed E-state index contributed by atoms with van der Waals surface area (Å²) < 4.78 is 36.8. The standard InChI is InChI=1S/C18H21NO5S/c1-13-4-7-16(8-5-13)25(21,22)19-11-18(20)24-12-15-10-14(2)6-9-17(15)23-3/h4-10,19H,11-12H2,1-3H3. The van der Waals surface area contributed by atoms with Gasteiger partial charge >= 0.3 is 5.97 Å². The van der Waals surface area contributed by atoms with Gasteiger partial charge in [0.25, 0.3) is 0 Å². The van der Waals surface area contributed by atoms with E-state index < -0.39 is 22.5 Å². The molecule has 2 aromatic carbocycles. The Labute approximate surface area is 147 Å². The molecule has 0 saturated carbocycles. The van der Waals surface area contributed by atoms with Crippen molar-refractivity contribution in [2.24, 2.45) is 0 Å². The van der Waals surface area contributed by atoms with Crippen molar-refractivity contribution in [1.82, 2.24) is 4.72 Å². The van der Waals surface area contributed by atoms with E-state index in [1.807, 2.05) is 26.0 Å². The predicted octanol–water partition coefficient (Wildman–Crippen LogP) is 2.33. The quantitative estimate of drug-likeness (QED) is 0.764.